The van der Waals surface area contributed by atoms with E-state index in [1.165, 1.54) is 12.2 Å². The van der Waals surface area contributed by atoms with Crippen LogP contribution in [0, 0.1) is 11.8 Å². The van der Waals surface area contributed by atoms with Crippen molar-refractivity contribution in [2.75, 3.05) is 0 Å². The van der Waals surface area contributed by atoms with Crippen molar-refractivity contribution in [2.24, 2.45) is 11.8 Å². The molecule has 3 aliphatic heterocycles. The predicted molar refractivity (Wildman–Crippen MR) is 72.9 cm³/mol. The lowest BCUT2D eigenvalue weighted by atomic mass is 9.70. The Bertz CT molecular complexity index is 713. The molecule has 4 atom stereocenters. The number of hydrogen-bond donors (Lipinski definition) is 1. The molecule has 2 saturated heterocycles. The largest absolute Gasteiger partial charge is 0.455 e. The molecule has 6 heteroatoms. The topological polar surface area (TPSA) is 83.9 Å². The van der Waals surface area contributed by atoms with E-state index in [2.05, 4.69) is 0 Å². The number of aliphatic hydroxyl groups is 1. The van der Waals surface area contributed by atoms with Crippen molar-refractivity contribution >= 4 is 17.8 Å². The molecule has 4 aliphatic rings. The molecule has 0 unspecified atom stereocenters. The van der Waals surface area contributed by atoms with Crippen LogP contribution in [-0.2, 0) is 25.7 Å². The Hall–Kier alpha value is -2.47. The monoisotopic (exact) mass is 299 g/mol. The highest BCUT2D eigenvalue weighted by Gasteiger charge is 2.67. The predicted octanol–water partition coefficient (Wildman–Crippen LogP) is 0.0141. The third-order valence-electron chi connectivity index (χ3n) is 4.56. The van der Waals surface area contributed by atoms with E-state index in [0.29, 0.717) is 0 Å². The molecule has 112 valence electrons. The molecule has 0 aromatic heterocycles. The van der Waals surface area contributed by atoms with Crippen LogP contribution in [0.15, 0.2) is 42.5 Å². The molecule has 2 bridgehead atoms. The summed E-state index contributed by atoms with van der Waals surface area (Å²) >= 11 is 0. The van der Waals surface area contributed by atoms with Crippen molar-refractivity contribution in [3.63, 3.8) is 0 Å². The molecule has 3 heterocycles. The molecular formula is C16H13NO5. The number of rotatable bonds is 2. The third-order valence-corrected chi connectivity index (χ3v) is 4.56. The number of likely N-dealkylation sites (tertiary alicyclic amines) is 1. The van der Waals surface area contributed by atoms with Crippen LogP contribution in [0.2, 0.25) is 0 Å². The summed E-state index contributed by atoms with van der Waals surface area (Å²) in [5.41, 5.74) is -1.22. The van der Waals surface area contributed by atoms with Crippen LogP contribution in [0.4, 0.5) is 0 Å². The van der Waals surface area contributed by atoms with Crippen molar-refractivity contribution in [1.29, 1.82) is 0 Å². The summed E-state index contributed by atoms with van der Waals surface area (Å²) in [5.74, 6) is -3.70. The Kier molecular flexibility index (Phi) is 2.56. The molecule has 22 heavy (non-hydrogen) atoms. The van der Waals surface area contributed by atoms with Gasteiger partial charge >= 0.3 is 5.97 Å². The van der Waals surface area contributed by atoms with Gasteiger partial charge in [-0.3, -0.25) is 14.5 Å². The first kappa shape index (κ1) is 13.2. The minimum atomic E-state index is -2.03. The Labute approximate surface area is 126 Å². The van der Waals surface area contributed by atoms with E-state index in [0.717, 1.165) is 10.5 Å². The summed E-state index contributed by atoms with van der Waals surface area (Å²) in [6.07, 6.45) is 1.99. The third kappa shape index (κ3) is 1.55. The van der Waals surface area contributed by atoms with Crippen LogP contribution >= 0.6 is 0 Å². The summed E-state index contributed by atoms with van der Waals surface area (Å²) in [5, 5.41) is 10.5. The van der Waals surface area contributed by atoms with Gasteiger partial charge in [-0.05, 0) is 17.7 Å². The Balaban J connectivity index is 1.71. The molecular weight excluding hydrogens is 286 g/mol. The number of nitrogens with zero attached hydrogens (tertiary/aromatic N) is 1. The van der Waals surface area contributed by atoms with Crippen LogP contribution in [0.25, 0.3) is 0 Å². The van der Waals surface area contributed by atoms with E-state index < -0.39 is 41.3 Å². The fourth-order valence-electron chi connectivity index (χ4n) is 3.46. The molecule has 1 aromatic carbocycles. The van der Waals surface area contributed by atoms with Crippen molar-refractivity contribution in [2.45, 2.75) is 18.2 Å². The number of hydrogen-bond acceptors (Lipinski definition) is 5. The maximum absolute atomic E-state index is 12.6. The van der Waals surface area contributed by atoms with E-state index in [-0.39, 0.29) is 6.54 Å². The van der Waals surface area contributed by atoms with Gasteiger partial charge in [-0.15, -0.1) is 0 Å². The van der Waals surface area contributed by atoms with Crippen LogP contribution in [0.3, 0.4) is 0 Å². The van der Waals surface area contributed by atoms with E-state index in [9.17, 15) is 19.5 Å². The highest BCUT2D eigenvalue weighted by atomic mass is 16.6. The van der Waals surface area contributed by atoms with Crippen molar-refractivity contribution in [1.82, 2.24) is 4.90 Å². The Morgan fingerprint density at radius 1 is 1.14 bits per heavy atom. The normalized spacial score (nSPS) is 35.8. The second-order valence-corrected chi connectivity index (χ2v) is 5.81. The molecule has 2 amide bonds. The number of carbonyl (C=O) groups is 3. The Morgan fingerprint density at radius 3 is 2.55 bits per heavy atom. The Morgan fingerprint density at radius 2 is 1.86 bits per heavy atom. The van der Waals surface area contributed by atoms with Crippen LogP contribution in [0.1, 0.15) is 5.56 Å². The summed E-state index contributed by atoms with van der Waals surface area (Å²) in [7, 11) is 0. The van der Waals surface area contributed by atoms with Gasteiger partial charge in [0.15, 0.2) is 5.60 Å². The molecule has 1 N–H and O–H groups in total. The van der Waals surface area contributed by atoms with Crippen LogP contribution < -0.4 is 0 Å². The molecule has 0 saturated carbocycles. The van der Waals surface area contributed by atoms with Gasteiger partial charge in [0.2, 0.25) is 11.8 Å². The molecule has 0 radical (unpaired) electrons. The van der Waals surface area contributed by atoms with Gasteiger partial charge in [0.05, 0.1) is 18.4 Å². The van der Waals surface area contributed by atoms with Crippen molar-refractivity contribution < 1.29 is 24.2 Å². The van der Waals surface area contributed by atoms with E-state index in [1.54, 1.807) is 0 Å². The van der Waals surface area contributed by atoms with Crippen molar-refractivity contribution in [3.8, 4) is 0 Å². The van der Waals surface area contributed by atoms with Crippen LogP contribution in [0.5, 0.6) is 0 Å². The maximum atomic E-state index is 12.6. The number of imide groups is 1. The quantitative estimate of drug-likeness (QED) is 0.472. The fourth-order valence-corrected chi connectivity index (χ4v) is 3.46. The minimum absolute atomic E-state index is 0.127. The number of ether oxygens (including phenoxy) is 1. The molecule has 1 aliphatic carbocycles. The average molecular weight is 299 g/mol. The van der Waals surface area contributed by atoms with Crippen molar-refractivity contribution in [3.05, 3.63) is 48.0 Å². The first-order valence-corrected chi connectivity index (χ1v) is 7.04. The number of amides is 2. The second-order valence-electron chi connectivity index (χ2n) is 5.81. The van der Waals surface area contributed by atoms with E-state index in [1.807, 2.05) is 30.3 Å². The second kappa shape index (κ2) is 4.27. The number of esters is 1. The van der Waals surface area contributed by atoms with E-state index >= 15 is 0 Å². The molecule has 2 fully saturated rings. The molecule has 1 aromatic rings. The zero-order chi connectivity index (χ0) is 15.5. The van der Waals surface area contributed by atoms with Gasteiger partial charge < -0.3 is 9.84 Å². The highest BCUT2D eigenvalue weighted by Crippen LogP contribution is 2.47. The average Bonchev–Trinajstić information content (AvgIpc) is 2.77. The lowest BCUT2D eigenvalue weighted by Gasteiger charge is -2.42. The van der Waals surface area contributed by atoms with Gasteiger partial charge in [-0.25, -0.2) is 4.79 Å². The number of fused-ring (bicyclic) bond motifs is 1. The molecule has 5 rings (SSSR count). The number of carbonyl (C=O) groups excluding carboxylic acids is 3. The highest BCUT2D eigenvalue weighted by molar-refractivity contribution is 6.10. The maximum Gasteiger partial charge on any atom is 0.343 e. The summed E-state index contributed by atoms with van der Waals surface area (Å²) < 4.78 is 5.04. The van der Waals surface area contributed by atoms with Gasteiger partial charge in [0.25, 0.3) is 0 Å². The lowest BCUT2D eigenvalue weighted by molar-refractivity contribution is -0.192. The summed E-state index contributed by atoms with van der Waals surface area (Å²) in [4.78, 5) is 38.1. The van der Waals surface area contributed by atoms with Gasteiger partial charge in [-0.1, -0.05) is 30.3 Å². The zero-order valence-electron chi connectivity index (χ0n) is 11.5. The van der Waals surface area contributed by atoms with E-state index in [4.69, 9.17) is 4.74 Å². The summed E-state index contributed by atoms with van der Waals surface area (Å²) in [6, 6.07) is 9.10. The first-order valence-electron chi connectivity index (χ1n) is 7.04. The number of benzene rings is 1. The minimum Gasteiger partial charge on any atom is -0.455 e. The van der Waals surface area contributed by atoms with Gasteiger partial charge in [0, 0.05) is 0 Å². The SMILES string of the molecule is O=C1[C@@H]2[C@@H]3C=C[C@@](O)(C(=O)O3)[C@@H]2C(=O)N1Cc1ccccc1. The smallest absolute Gasteiger partial charge is 0.343 e. The molecule has 6 nitrogen and oxygen atoms in total. The zero-order valence-corrected chi connectivity index (χ0v) is 11.5. The molecule has 0 spiro atoms. The lowest BCUT2D eigenvalue weighted by Crippen LogP contribution is -2.60. The van der Waals surface area contributed by atoms with Gasteiger partial charge in [-0.2, -0.15) is 0 Å². The fraction of sp³-hybridized carbons (Fsp3) is 0.312. The standard InChI is InChI=1S/C16H13NO5/c18-13-11-10-6-7-16(21,15(20)22-10)12(11)14(19)17(13)8-9-4-2-1-3-5-9/h1-7,10-12,21H,8H2/t10-,11+,12-,16-/m0/s1. The van der Waals surface area contributed by atoms with Crippen LogP contribution in [-0.4, -0.2) is 39.5 Å². The summed E-state index contributed by atoms with van der Waals surface area (Å²) in [6.45, 7) is 0.127. The van der Waals surface area contributed by atoms with Gasteiger partial charge in [0.1, 0.15) is 6.10 Å². The first-order chi connectivity index (χ1) is 10.5.